The van der Waals surface area contributed by atoms with Gasteiger partial charge in [0, 0.05) is 36.7 Å². The van der Waals surface area contributed by atoms with Gasteiger partial charge in [-0.05, 0) is 31.6 Å². The fraction of sp³-hybridized carbons (Fsp3) is 0.621. The van der Waals surface area contributed by atoms with Crippen LogP contribution in [0, 0.1) is 11.3 Å². The van der Waals surface area contributed by atoms with Gasteiger partial charge in [0.2, 0.25) is 0 Å². The average molecular weight is 507 g/mol. The predicted octanol–water partition coefficient (Wildman–Crippen LogP) is 3.53. The predicted molar refractivity (Wildman–Crippen MR) is 140 cm³/mol. The fourth-order valence-electron chi connectivity index (χ4n) is 6.88. The van der Waals surface area contributed by atoms with Crippen molar-refractivity contribution in [1.29, 1.82) is 0 Å². The number of carbonyl (C=O) groups excluding carboxylic acids is 1. The number of rotatable bonds is 5. The second-order valence-electron chi connectivity index (χ2n) is 11.7. The molecule has 1 aromatic carbocycles. The number of aliphatic hydroxyl groups is 1. The van der Waals surface area contributed by atoms with Crippen LogP contribution < -0.4 is 5.56 Å². The topological polar surface area (TPSA) is 87.9 Å². The van der Waals surface area contributed by atoms with Crippen LogP contribution in [0.25, 0.3) is 11.3 Å². The third-order valence-electron chi connectivity index (χ3n) is 9.26. The van der Waals surface area contributed by atoms with Crippen molar-refractivity contribution in [3.05, 3.63) is 53.1 Å². The molecule has 2 atom stereocenters. The Bertz CT molecular complexity index is 1170. The molecule has 2 saturated carbocycles. The first kappa shape index (κ1) is 24.6. The number of hydrogen-bond acceptors (Lipinski definition) is 5. The number of amides is 2. The summed E-state index contributed by atoms with van der Waals surface area (Å²) in [5.41, 5.74) is -0.0937. The molecule has 2 amide bonds. The second kappa shape index (κ2) is 9.87. The molecule has 2 aliphatic heterocycles. The van der Waals surface area contributed by atoms with E-state index in [1.807, 2.05) is 40.1 Å². The molecule has 1 N–H and O–H groups in total. The number of ether oxygens (including phenoxy) is 1. The van der Waals surface area contributed by atoms with E-state index in [9.17, 15) is 14.7 Å². The number of benzene rings is 1. The van der Waals surface area contributed by atoms with Crippen molar-refractivity contribution in [2.75, 3.05) is 32.8 Å². The van der Waals surface area contributed by atoms with Gasteiger partial charge in [0.25, 0.3) is 5.56 Å². The SMILES string of the molecule is O=C(N1CCC(O)(Cn2cnc(-c3ccccc3)cc2=O)C2(CCCC2)C1)N1CCOCC1CC1CC1. The molecule has 2 saturated heterocycles. The fourth-order valence-corrected chi connectivity index (χ4v) is 6.88. The minimum atomic E-state index is -1.06. The Kier molecular flexibility index (Phi) is 6.57. The van der Waals surface area contributed by atoms with Crippen LogP contribution in [-0.4, -0.2) is 75.0 Å². The van der Waals surface area contributed by atoms with Gasteiger partial charge in [0.15, 0.2) is 0 Å². The molecule has 1 spiro atoms. The van der Waals surface area contributed by atoms with Gasteiger partial charge in [-0.25, -0.2) is 9.78 Å². The van der Waals surface area contributed by atoms with Crippen LogP contribution in [0.1, 0.15) is 51.4 Å². The molecule has 4 aliphatic rings. The number of carbonyl (C=O) groups is 1. The third kappa shape index (κ3) is 4.81. The molecule has 198 valence electrons. The van der Waals surface area contributed by atoms with Crippen LogP contribution in [-0.2, 0) is 11.3 Å². The van der Waals surface area contributed by atoms with E-state index in [4.69, 9.17) is 4.74 Å². The van der Waals surface area contributed by atoms with E-state index in [0.29, 0.717) is 45.0 Å². The Balaban J connectivity index is 1.20. The van der Waals surface area contributed by atoms with Gasteiger partial charge in [-0.2, -0.15) is 0 Å². The lowest BCUT2D eigenvalue weighted by Crippen LogP contribution is -2.64. The Morgan fingerprint density at radius 1 is 1.11 bits per heavy atom. The molecule has 8 nitrogen and oxygen atoms in total. The highest BCUT2D eigenvalue weighted by atomic mass is 16.5. The second-order valence-corrected chi connectivity index (χ2v) is 11.7. The van der Waals surface area contributed by atoms with E-state index >= 15 is 0 Å². The monoisotopic (exact) mass is 506 g/mol. The highest BCUT2D eigenvalue weighted by Gasteiger charge is 2.56. The number of nitrogens with zero attached hydrogens (tertiary/aromatic N) is 4. The average Bonchev–Trinajstić information content (AvgIpc) is 3.61. The van der Waals surface area contributed by atoms with Crippen LogP contribution in [0.4, 0.5) is 4.79 Å². The van der Waals surface area contributed by atoms with Gasteiger partial charge in [-0.15, -0.1) is 0 Å². The first-order chi connectivity index (χ1) is 18.0. The van der Waals surface area contributed by atoms with E-state index in [2.05, 4.69) is 4.98 Å². The van der Waals surface area contributed by atoms with Gasteiger partial charge in [0.1, 0.15) is 0 Å². The highest BCUT2D eigenvalue weighted by Crippen LogP contribution is 2.51. The van der Waals surface area contributed by atoms with Gasteiger partial charge in [-0.1, -0.05) is 56.0 Å². The van der Waals surface area contributed by atoms with Crippen LogP contribution >= 0.6 is 0 Å². The van der Waals surface area contributed by atoms with Crippen LogP contribution in [0.15, 0.2) is 47.5 Å². The molecular formula is C29H38N4O4. The lowest BCUT2D eigenvalue weighted by molar-refractivity contribution is -0.137. The molecule has 0 radical (unpaired) electrons. The van der Waals surface area contributed by atoms with E-state index in [1.165, 1.54) is 12.8 Å². The molecule has 6 rings (SSSR count). The van der Waals surface area contributed by atoms with Crippen molar-refractivity contribution in [2.24, 2.45) is 11.3 Å². The third-order valence-corrected chi connectivity index (χ3v) is 9.26. The first-order valence-corrected chi connectivity index (χ1v) is 13.9. The summed E-state index contributed by atoms with van der Waals surface area (Å²) in [4.78, 5) is 35.4. The first-order valence-electron chi connectivity index (χ1n) is 13.9. The molecule has 1 aromatic heterocycles. The summed E-state index contributed by atoms with van der Waals surface area (Å²) < 4.78 is 7.28. The number of likely N-dealkylation sites (tertiary alicyclic amines) is 1. The van der Waals surface area contributed by atoms with Crippen molar-refractivity contribution in [3.63, 3.8) is 0 Å². The molecule has 2 aliphatic carbocycles. The zero-order valence-corrected chi connectivity index (χ0v) is 21.6. The van der Waals surface area contributed by atoms with E-state index in [0.717, 1.165) is 43.6 Å². The van der Waals surface area contributed by atoms with Gasteiger partial charge in [-0.3, -0.25) is 9.36 Å². The Morgan fingerprint density at radius 3 is 2.62 bits per heavy atom. The summed E-state index contributed by atoms with van der Waals surface area (Å²) in [5, 5.41) is 12.1. The molecular weight excluding hydrogens is 468 g/mol. The number of piperidine rings is 1. The maximum atomic E-state index is 13.8. The van der Waals surface area contributed by atoms with Gasteiger partial charge in [0.05, 0.1) is 43.4 Å². The van der Waals surface area contributed by atoms with Crippen molar-refractivity contribution < 1.29 is 14.6 Å². The minimum Gasteiger partial charge on any atom is -0.387 e. The zero-order chi connectivity index (χ0) is 25.5. The molecule has 8 heteroatoms. The Morgan fingerprint density at radius 2 is 1.89 bits per heavy atom. The highest BCUT2D eigenvalue weighted by molar-refractivity contribution is 5.75. The van der Waals surface area contributed by atoms with Crippen molar-refractivity contribution in [1.82, 2.24) is 19.4 Å². The summed E-state index contributed by atoms with van der Waals surface area (Å²) in [6.45, 7) is 3.09. The smallest absolute Gasteiger partial charge is 0.320 e. The van der Waals surface area contributed by atoms with Crippen LogP contribution in [0.2, 0.25) is 0 Å². The van der Waals surface area contributed by atoms with Gasteiger partial charge < -0.3 is 19.6 Å². The van der Waals surface area contributed by atoms with Crippen LogP contribution in [0.3, 0.4) is 0 Å². The number of urea groups is 1. The molecule has 0 bridgehead atoms. The normalized spacial score (nSPS) is 27.5. The van der Waals surface area contributed by atoms with E-state index in [-0.39, 0.29) is 24.2 Å². The number of morpholine rings is 1. The molecule has 4 fully saturated rings. The Hall–Kier alpha value is -2.71. The van der Waals surface area contributed by atoms with Crippen molar-refractivity contribution >= 4 is 6.03 Å². The molecule has 2 aromatic rings. The summed E-state index contributed by atoms with van der Waals surface area (Å²) in [5.74, 6) is 0.731. The minimum absolute atomic E-state index is 0.0910. The lowest BCUT2D eigenvalue weighted by Gasteiger charge is -2.53. The van der Waals surface area contributed by atoms with E-state index in [1.54, 1.807) is 17.0 Å². The number of aromatic nitrogens is 2. The Labute approximate surface area is 218 Å². The van der Waals surface area contributed by atoms with Crippen molar-refractivity contribution in [3.8, 4) is 11.3 Å². The zero-order valence-electron chi connectivity index (χ0n) is 21.6. The van der Waals surface area contributed by atoms with E-state index < -0.39 is 11.0 Å². The number of hydrogen-bond donors (Lipinski definition) is 1. The molecule has 2 unspecified atom stereocenters. The molecule has 3 heterocycles. The summed E-state index contributed by atoms with van der Waals surface area (Å²) in [6.07, 6.45) is 9.39. The lowest BCUT2D eigenvalue weighted by atomic mass is 9.66. The maximum absolute atomic E-state index is 13.8. The molecule has 37 heavy (non-hydrogen) atoms. The van der Waals surface area contributed by atoms with Crippen LogP contribution in [0.5, 0.6) is 0 Å². The maximum Gasteiger partial charge on any atom is 0.320 e. The summed E-state index contributed by atoms with van der Waals surface area (Å²) >= 11 is 0. The van der Waals surface area contributed by atoms with Gasteiger partial charge >= 0.3 is 6.03 Å². The summed E-state index contributed by atoms with van der Waals surface area (Å²) in [7, 11) is 0. The summed E-state index contributed by atoms with van der Waals surface area (Å²) in [6, 6.07) is 11.5. The van der Waals surface area contributed by atoms with Crippen molar-refractivity contribution in [2.45, 2.75) is 69.6 Å². The standard InChI is InChI=1S/C29H38N4O4/c34-26-17-25(23-6-2-1-3-7-23)30-21-32(26)20-29(36)12-13-31(19-28(29)10-4-5-11-28)27(35)33-14-15-37-18-24(33)16-22-8-9-22/h1-3,6-7,17,21-22,24,36H,4-5,8-16,18-20H2. The quantitative estimate of drug-likeness (QED) is 0.670. The largest absolute Gasteiger partial charge is 0.387 e.